The lowest BCUT2D eigenvalue weighted by atomic mass is 10.1. The van der Waals surface area contributed by atoms with Gasteiger partial charge in [-0.05, 0) is 26.0 Å². The van der Waals surface area contributed by atoms with E-state index in [9.17, 15) is 13.2 Å². The number of sulfonamides is 1. The molecule has 0 aliphatic rings. The fourth-order valence-electron chi connectivity index (χ4n) is 2.11. The second-order valence-corrected chi connectivity index (χ2v) is 7.04. The topological polar surface area (TPSA) is 63.2 Å². The first kappa shape index (κ1) is 16.4. The van der Waals surface area contributed by atoms with E-state index in [1.165, 1.54) is 0 Å². The first-order chi connectivity index (χ1) is 10.4. The van der Waals surface area contributed by atoms with Crippen molar-refractivity contribution in [3.63, 3.8) is 0 Å². The molecule has 0 saturated heterocycles. The minimum atomic E-state index is -3.61. The van der Waals surface area contributed by atoms with Crippen LogP contribution in [0.5, 0.6) is 0 Å². The Morgan fingerprint density at radius 3 is 2.23 bits per heavy atom. The van der Waals surface area contributed by atoms with E-state index in [2.05, 4.69) is 4.72 Å². The molecule has 0 heterocycles. The summed E-state index contributed by atoms with van der Waals surface area (Å²) >= 11 is 0. The molecule has 116 valence electrons. The van der Waals surface area contributed by atoms with Crippen LogP contribution in [-0.4, -0.2) is 20.2 Å². The van der Waals surface area contributed by atoms with Gasteiger partial charge in [0.2, 0.25) is 10.0 Å². The van der Waals surface area contributed by atoms with Gasteiger partial charge in [-0.1, -0.05) is 48.0 Å². The highest BCUT2D eigenvalue weighted by Crippen LogP contribution is 2.12. The van der Waals surface area contributed by atoms with E-state index in [0.717, 1.165) is 5.56 Å². The summed E-state index contributed by atoms with van der Waals surface area (Å²) in [6.07, 6.45) is 0.120. The zero-order valence-corrected chi connectivity index (χ0v) is 13.4. The van der Waals surface area contributed by atoms with Crippen molar-refractivity contribution >= 4 is 15.8 Å². The fraction of sp³-hybridized carbons (Fsp3) is 0.235. The number of hydrogen-bond acceptors (Lipinski definition) is 3. The molecule has 0 saturated carbocycles. The minimum Gasteiger partial charge on any atom is -0.294 e. The van der Waals surface area contributed by atoms with Crippen LogP contribution in [0.25, 0.3) is 0 Å². The van der Waals surface area contributed by atoms with Gasteiger partial charge in [0.05, 0.1) is 4.90 Å². The van der Waals surface area contributed by atoms with Crippen molar-refractivity contribution in [3.05, 3.63) is 65.7 Å². The van der Waals surface area contributed by atoms with Gasteiger partial charge in [-0.25, -0.2) is 13.1 Å². The monoisotopic (exact) mass is 317 g/mol. The number of carbonyl (C=O) groups excluding carboxylic acids is 1. The van der Waals surface area contributed by atoms with Gasteiger partial charge in [0.25, 0.3) is 0 Å². The summed E-state index contributed by atoms with van der Waals surface area (Å²) in [5.74, 6) is -0.0836. The highest BCUT2D eigenvalue weighted by atomic mass is 32.2. The highest BCUT2D eigenvalue weighted by molar-refractivity contribution is 7.89. The zero-order chi connectivity index (χ0) is 16.2. The molecule has 0 spiro atoms. The molecular formula is C17H19NO3S. The van der Waals surface area contributed by atoms with Crippen LogP contribution in [0.15, 0.2) is 59.5 Å². The average Bonchev–Trinajstić information content (AvgIpc) is 2.48. The van der Waals surface area contributed by atoms with Gasteiger partial charge >= 0.3 is 0 Å². The number of nitrogens with one attached hydrogen (secondary N) is 1. The molecule has 1 atom stereocenters. The van der Waals surface area contributed by atoms with Gasteiger partial charge in [-0.3, -0.25) is 4.79 Å². The SMILES string of the molecule is Cc1ccc(S(=O)(=O)NC(C)CC(=O)c2ccccc2)cc1. The molecule has 1 unspecified atom stereocenters. The molecule has 1 N–H and O–H groups in total. The van der Waals surface area contributed by atoms with Crippen molar-refractivity contribution in [1.82, 2.24) is 4.72 Å². The average molecular weight is 317 g/mol. The number of benzene rings is 2. The third-order valence-electron chi connectivity index (χ3n) is 3.27. The summed E-state index contributed by atoms with van der Waals surface area (Å²) in [6.45, 7) is 3.58. The van der Waals surface area contributed by atoms with Crippen LogP contribution in [0.1, 0.15) is 29.3 Å². The highest BCUT2D eigenvalue weighted by Gasteiger charge is 2.19. The molecular weight excluding hydrogens is 298 g/mol. The van der Waals surface area contributed by atoms with E-state index < -0.39 is 16.1 Å². The lowest BCUT2D eigenvalue weighted by Gasteiger charge is -2.14. The second kappa shape index (κ2) is 6.85. The Labute approximate surface area is 131 Å². The standard InChI is InChI=1S/C17H19NO3S/c1-13-8-10-16(11-9-13)22(20,21)18-14(2)12-17(19)15-6-4-3-5-7-15/h3-11,14,18H,12H2,1-2H3. The molecule has 0 bridgehead atoms. The van der Waals surface area contributed by atoms with Gasteiger partial charge in [0.1, 0.15) is 0 Å². The number of hydrogen-bond donors (Lipinski definition) is 1. The van der Waals surface area contributed by atoms with Gasteiger partial charge in [-0.15, -0.1) is 0 Å². The molecule has 22 heavy (non-hydrogen) atoms. The number of ketones is 1. The number of rotatable bonds is 6. The van der Waals surface area contributed by atoms with E-state index in [0.29, 0.717) is 5.56 Å². The summed E-state index contributed by atoms with van der Waals surface area (Å²) < 4.78 is 27.0. The van der Waals surface area contributed by atoms with Crippen molar-refractivity contribution < 1.29 is 13.2 Å². The molecule has 5 heteroatoms. The normalized spacial score (nSPS) is 12.8. The predicted octanol–water partition coefficient (Wildman–Crippen LogP) is 2.93. The molecule has 0 fully saturated rings. The van der Waals surface area contributed by atoms with Crippen molar-refractivity contribution in [3.8, 4) is 0 Å². The van der Waals surface area contributed by atoms with Crippen molar-refractivity contribution in [2.45, 2.75) is 31.2 Å². The smallest absolute Gasteiger partial charge is 0.240 e. The Bertz CT molecular complexity index is 737. The molecule has 0 radical (unpaired) electrons. The van der Waals surface area contributed by atoms with Crippen LogP contribution >= 0.6 is 0 Å². The fourth-order valence-corrected chi connectivity index (χ4v) is 3.36. The second-order valence-electron chi connectivity index (χ2n) is 5.33. The quantitative estimate of drug-likeness (QED) is 0.833. The lowest BCUT2D eigenvalue weighted by molar-refractivity contribution is 0.0975. The lowest BCUT2D eigenvalue weighted by Crippen LogP contribution is -2.34. The van der Waals surface area contributed by atoms with E-state index >= 15 is 0 Å². The Hall–Kier alpha value is -1.98. The molecule has 2 rings (SSSR count). The van der Waals surface area contributed by atoms with Gasteiger partial charge in [0.15, 0.2) is 5.78 Å². The number of carbonyl (C=O) groups is 1. The van der Waals surface area contributed by atoms with Crippen LogP contribution in [0.2, 0.25) is 0 Å². The number of Topliss-reactive ketones (excluding diaryl/α,β-unsaturated/α-hetero) is 1. The van der Waals surface area contributed by atoms with Crippen LogP contribution in [0.4, 0.5) is 0 Å². The first-order valence-corrected chi connectivity index (χ1v) is 8.54. The molecule has 2 aromatic carbocycles. The third-order valence-corrected chi connectivity index (χ3v) is 4.88. The molecule has 0 aliphatic carbocycles. The summed E-state index contributed by atoms with van der Waals surface area (Å²) in [5.41, 5.74) is 1.58. The minimum absolute atomic E-state index is 0.0836. The maximum absolute atomic E-state index is 12.2. The van der Waals surface area contributed by atoms with Crippen molar-refractivity contribution in [2.24, 2.45) is 0 Å². The van der Waals surface area contributed by atoms with Crippen molar-refractivity contribution in [2.75, 3.05) is 0 Å². The Balaban J connectivity index is 2.03. The maximum atomic E-state index is 12.2. The van der Waals surface area contributed by atoms with Crippen LogP contribution < -0.4 is 4.72 Å². The van der Waals surface area contributed by atoms with Gasteiger partial charge in [0, 0.05) is 18.0 Å². The Morgan fingerprint density at radius 2 is 1.64 bits per heavy atom. The van der Waals surface area contributed by atoms with E-state index in [4.69, 9.17) is 0 Å². The third kappa shape index (κ3) is 4.26. The summed E-state index contributed by atoms with van der Waals surface area (Å²) in [6, 6.07) is 15.0. The molecule has 4 nitrogen and oxygen atoms in total. The summed E-state index contributed by atoms with van der Waals surface area (Å²) in [5, 5.41) is 0. The van der Waals surface area contributed by atoms with E-state index in [1.807, 2.05) is 13.0 Å². The largest absolute Gasteiger partial charge is 0.294 e. The first-order valence-electron chi connectivity index (χ1n) is 7.06. The summed E-state index contributed by atoms with van der Waals surface area (Å²) in [7, 11) is -3.61. The summed E-state index contributed by atoms with van der Waals surface area (Å²) in [4.78, 5) is 12.3. The molecule has 2 aromatic rings. The molecule has 0 amide bonds. The number of aryl methyl sites for hydroxylation is 1. The zero-order valence-electron chi connectivity index (χ0n) is 12.6. The van der Waals surface area contributed by atoms with Gasteiger partial charge in [-0.2, -0.15) is 0 Å². The van der Waals surface area contributed by atoms with Crippen molar-refractivity contribution in [1.29, 1.82) is 0 Å². The van der Waals surface area contributed by atoms with Crippen LogP contribution in [0.3, 0.4) is 0 Å². The molecule has 0 aliphatic heterocycles. The van der Waals surface area contributed by atoms with E-state index in [1.54, 1.807) is 55.5 Å². The Morgan fingerprint density at radius 1 is 1.05 bits per heavy atom. The predicted molar refractivity (Wildman–Crippen MR) is 86.4 cm³/mol. The van der Waals surface area contributed by atoms with Gasteiger partial charge < -0.3 is 0 Å². The van der Waals surface area contributed by atoms with Crippen LogP contribution in [0, 0.1) is 6.92 Å². The molecule has 0 aromatic heterocycles. The van der Waals surface area contributed by atoms with Crippen LogP contribution in [-0.2, 0) is 10.0 Å². The Kier molecular flexibility index (Phi) is 5.11. The van der Waals surface area contributed by atoms with E-state index in [-0.39, 0.29) is 17.1 Å². The maximum Gasteiger partial charge on any atom is 0.240 e.